The van der Waals surface area contributed by atoms with Crippen LogP contribution in [0.1, 0.15) is 90.5 Å². The summed E-state index contributed by atoms with van der Waals surface area (Å²) in [6, 6.07) is 20.5. The highest BCUT2D eigenvalue weighted by molar-refractivity contribution is 6.07. The Morgan fingerprint density at radius 3 is 2.07 bits per heavy atom. The molecule has 0 spiro atoms. The van der Waals surface area contributed by atoms with Crippen molar-refractivity contribution in [1.29, 1.82) is 0 Å². The molecule has 3 fully saturated rings. The van der Waals surface area contributed by atoms with Gasteiger partial charge < -0.3 is 29.7 Å². The van der Waals surface area contributed by atoms with E-state index in [1.165, 1.54) is 7.11 Å². The van der Waals surface area contributed by atoms with E-state index in [-0.39, 0.29) is 36.0 Å². The molecule has 2 bridgehead atoms. The van der Waals surface area contributed by atoms with Gasteiger partial charge in [0.05, 0.1) is 41.3 Å². The van der Waals surface area contributed by atoms with E-state index in [2.05, 4.69) is 75.9 Å². The molecule has 1 aliphatic carbocycles. The molecule has 12 heteroatoms. The van der Waals surface area contributed by atoms with E-state index >= 15 is 0 Å². The van der Waals surface area contributed by atoms with Crippen LogP contribution in [0.3, 0.4) is 0 Å². The van der Waals surface area contributed by atoms with Gasteiger partial charge in [-0.15, -0.1) is 0 Å². The van der Waals surface area contributed by atoms with Crippen LogP contribution in [0.15, 0.2) is 60.7 Å². The highest BCUT2D eigenvalue weighted by Gasteiger charge is 2.51. The molecule has 3 amide bonds. The van der Waals surface area contributed by atoms with E-state index in [9.17, 15) is 14.4 Å². The number of carbonyl (C=O) groups excluding carboxylic acids is 3. The van der Waals surface area contributed by atoms with Crippen LogP contribution in [0.4, 0.5) is 9.59 Å². The quantitative estimate of drug-likeness (QED) is 0.154. The number of hydrogen-bond acceptors (Lipinski definition) is 7. The first-order chi connectivity index (χ1) is 26.9. The van der Waals surface area contributed by atoms with Crippen molar-refractivity contribution < 1.29 is 23.9 Å². The van der Waals surface area contributed by atoms with Gasteiger partial charge in [-0.3, -0.25) is 9.69 Å². The van der Waals surface area contributed by atoms with Gasteiger partial charge in [0.2, 0.25) is 5.91 Å². The minimum atomic E-state index is -0.681. The molecule has 12 nitrogen and oxygen atoms in total. The molecule has 3 N–H and O–H groups in total. The first-order valence-electron chi connectivity index (χ1n) is 19.9. The van der Waals surface area contributed by atoms with Crippen LogP contribution < -0.4 is 5.32 Å². The van der Waals surface area contributed by atoms with Crippen molar-refractivity contribution in [1.82, 2.24) is 35.1 Å². The standard InChI is InChI=1S/C44H49N7O5/c1-23(2)35(49-42(53)55-6)41(52)51-29-14-9-28(22-29)38(51)40-46-33-18-13-27-21-25(11-16-31(27)37(33)48-40)24-10-15-30-26(20-24)12-17-32-36(30)47-39(45-32)34-8-7-19-50(34)43(54)56-44(3,4)5/h10-13,15-18,20-21,23,28-29,34-35,38H,7-9,14,19,22H2,1-6H3,(H,45,47)(H,46,48)(H,49,53)/t28-,29+,34+,35?,38+/m1/s1. The van der Waals surface area contributed by atoms with Gasteiger partial charge in [-0.25, -0.2) is 19.6 Å². The normalized spacial score (nSPS) is 21.6. The average molecular weight is 756 g/mol. The number of aromatic amines is 2. The molecule has 9 rings (SSSR count). The summed E-state index contributed by atoms with van der Waals surface area (Å²) in [5, 5.41) is 7.04. The molecule has 56 heavy (non-hydrogen) atoms. The minimum Gasteiger partial charge on any atom is -0.453 e. The van der Waals surface area contributed by atoms with E-state index in [4.69, 9.17) is 19.4 Å². The monoisotopic (exact) mass is 755 g/mol. The summed E-state index contributed by atoms with van der Waals surface area (Å²) >= 11 is 0. The van der Waals surface area contributed by atoms with Crippen LogP contribution in [-0.2, 0) is 14.3 Å². The zero-order valence-corrected chi connectivity index (χ0v) is 32.8. The summed E-state index contributed by atoms with van der Waals surface area (Å²) in [6.45, 7) is 10.2. The number of nitrogens with one attached hydrogen (secondary N) is 3. The molecule has 6 aromatic rings. The smallest absolute Gasteiger partial charge is 0.410 e. The number of alkyl carbamates (subject to hydrolysis) is 1. The molecule has 4 heterocycles. The number of imidazole rings is 2. The third kappa shape index (κ3) is 6.19. The Hall–Kier alpha value is -5.65. The Morgan fingerprint density at radius 2 is 1.46 bits per heavy atom. The predicted octanol–water partition coefficient (Wildman–Crippen LogP) is 8.92. The molecule has 2 saturated heterocycles. The highest BCUT2D eigenvalue weighted by Crippen LogP contribution is 2.50. The Balaban J connectivity index is 1.00. The number of piperidine rings is 1. The molecule has 1 saturated carbocycles. The fourth-order valence-electron chi connectivity index (χ4n) is 9.41. The topological polar surface area (TPSA) is 146 Å². The maximum atomic E-state index is 14.1. The molecule has 290 valence electrons. The second-order valence-electron chi connectivity index (χ2n) is 17.1. The van der Waals surface area contributed by atoms with Gasteiger partial charge in [0.15, 0.2) is 0 Å². The number of amides is 3. The molecule has 4 aromatic carbocycles. The maximum Gasteiger partial charge on any atom is 0.410 e. The SMILES string of the molecule is COC(=O)NC(C(=O)N1[C@H]2CC[C@H](C2)[C@H]1c1nc2c(ccc3cc(-c4ccc5c(ccc6[nH]c([C@@H]7CCCN7C(=O)OC(C)(C)C)nc65)c4)ccc32)[nH]1)C(C)C. The summed E-state index contributed by atoms with van der Waals surface area (Å²) in [5.41, 5.74) is 5.29. The van der Waals surface area contributed by atoms with E-state index in [0.29, 0.717) is 12.5 Å². The van der Waals surface area contributed by atoms with Crippen molar-refractivity contribution in [3.8, 4) is 11.1 Å². The van der Waals surface area contributed by atoms with Gasteiger partial charge >= 0.3 is 12.2 Å². The van der Waals surface area contributed by atoms with Gasteiger partial charge in [-0.1, -0.05) is 50.2 Å². The Kier molecular flexibility index (Phi) is 8.70. The fourth-order valence-corrected chi connectivity index (χ4v) is 9.41. The molecular weight excluding hydrogens is 707 g/mol. The lowest BCUT2D eigenvalue weighted by molar-refractivity contribution is -0.139. The van der Waals surface area contributed by atoms with Gasteiger partial charge in [-0.05, 0) is 111 Å². The van der Waals surface area contributed by atoms with Crippen LogP contribution in [0, 0.1) is 11.8 Å². The second-order valence-corrected chi connectivity index (χ2v) is 17.1. The van der Waals surface area contributed by atoms with Crippen molar-refractivity contribution in [2.24, 2.45) is 11.8 Å². The third-order valence-electron chi connectivity index (χ3n) is 12.0. The molecule has 1 unspecified atom stereocenters. The lowest BCUT2D eigenvalue weighted by Gasteiger charge is -2.37. The van der Waals surface area contributed by atoms with Crippen molar-refractivity contribution in [2.45, 2.75) is 96.5 Å². The third-order valence-corrected chi connectivity index (χ3v) is 12.0. The second kappa shape index (κ2) is 13.5. The van der Waals surface area contributed by atoms with Crippen molar-refractivity contribution in [3.63, 3.8) is 0 Å². The fraction of sp³-hybridized carbons (Fsp3) is 0.432. The Morgan fingerprint density at radius 1 is 0.839 bits per heavy atom. The predicted molar refractivity (Wildman–Crippen MR) is 216 cm³/mol. The number of hydrogen-bond donors (Lipinski definition) is 3. The van der Waals surface area contributed by atoms with Gasteiger partial charge in [0.1, 0.15) is 23.3 Å². The molecule has 5 atom stereocenters. The summed E-state index contributed by atoms with van der Waals surface area (Å²) in [5.74, 6) is 1.71. The number of methoxy groups -OCH3 is 1. The van der Waals surface area contributed by atoms with Gasteiger partial charge in [0, 0.05) is 23.4 Å². The Labute approximate surface area is 325 Å². The highest BCUT2D eigenvalue weighted by atomic mass is 16.6. The van der Waals surface area contributed by atoms with Crippen molar-refractivity contribution in [2.75, 3.05) is 13.7 Å². The maximum absolute atomic E-state index is 14.1. The number of likely N-dealkylation sites (tertiary alicyclic amines) is 2. The minimum absolute atomic E-state index is 0.0833. The number of rotatable bonds is 6. The number of nitrogens with zero attached hydrogens (tertiary/aromatic N) is 4. The average Bonchev–Trinajstić information content (AvgIpc) is 4.02. The molecule has 2 aromatic heterocycles. The largest absolute Gasteiger partial charge is 0.453 e. The van der Waals surface area contributed by atoms with E-state index in [1.807, 2.05) is 39.5 Å². The number of fused-ring (bicyclic) bond motifs is 8. The summed E-state index contributed by atoms with van der Waals surface area (Å²) in [4.78, 5) is 60.4. The first kappa shape index (κ1) is 36.0. The van der Waals surface area contributed by atoms with E-state index < -0.39 is 17.7 Å². The zero-order chi connectivity index (χ0) is 39.0. The lowest BCUT2D eigenvalue weighted by atomic mass is 9.95. The number of carbonyl (C=O) groups is 3. The van der Waals surface area contributed by atoms with Crippen LogP contribution >= 0.6 is 0 Å². The molecule has 0 radical (unpaired) electrons. The molecular formula is C44H49N7O5. The summed E-state index contributed by atoms with van der Waals surface area (Å²) < 4.78 is 10.6. The van der Waals surface area contributed by atoms with E-state index in [1.54, 1.807) is 4.90 Å². The van der Waals surface area contributed by atoms with E-state index in [0.717, 1.165) is 98.5 Å². The molecule has 3 aliphatic rings. The van der Waals surface area contributed by atoms with Gasteiger partial charge in [0.25, 0.3) is 0 Å². The number of aromatic nitrogens is 4. The zero-order valence-electron chi connectivity index (χ0n) is 32.8. The van der Waals surface area contributed by atoms with Crippen LogP contribution in [0.5, 0.6) is 0 Å². The number of ether oxygens (including phenoxy) is 2. The number of benzene rings is 4. The van der Waals surface area contributed by atoms with Crippen LogP contribution in [0.2, 0.25) is 0 Å². The Bertz CT molecular complexity index is 2530. The summed E-state index contributed by atoms with van der Waals surface area (Å²) in [7, 11) is 1.32. The van der Waals surface area contributed by atoms with Crippen LogP contribution in [-0.4, -0.2) is 79.2 Å². The number of H-pyrrole nitrogens is 2. The van der Waals surface area contributed by atoms with Crippen molar-refractivity contribution >= 4 is 61.7 Å². The first-order valence-corrected chi connectivity index (χ1v) is 19.9. The van der Waals surface area contributed by atoms with Crippen LogP contribution in [0.25, 0.3) is 54.7 Å². The summed E-state index contributed by atoms with van der Waals surface area (Å²) in [6.07, 6.45) is 3.78. The van der Waals surface area contributed by atoms with Gasteiger partial charge in [-0.2, -0.15) is 0 Å². The van der Waals surface area contributed by atoms with Crippen molar-refractivity contribution in [3.05, 3.63) is 72.3 Å². The lowest BCUT2D eigenvalue weighted by Crippen LogP contribution is -2.54. The molecule has 2 aliphatic heterocycles.